The minimum atomic E-state index is -0.0747. The van der Waals surface area contributed by atoms with Crippen LogP contribution < -0.4 is 0 Å². The molecule has 0 unspecified atom stereocenters. The molecule has 0 fully saturated rings. The van der Waals surface area contributed by atoms with Crippen LogP contribution in [0.15, 0.2) is 0 Å². The molecule has 0 aromatic carbocycles. The Kier molecular flexibility index (Phi) is 21.7. The van der Waals surface area contributed by atoms with E-state index >= 15 is 0 Å². The summed E-state index contributed by atoms with van der Waals surface area (Å²) < 4.78 is 4.65. The molecule has 0 saturated heterocycles. The molecule has 0 N–H and O–H groups in total. The van der Waals surface area contributed by atoms with Crippen LogP contribution in [-0.2, 0) is 14.3 Å². The van der Waals surface area contributed by atoms with Gasteiger partial charge in [0.25, 0.3) is 0 Å². The van der Waals surface area contributed by atoms with Gasteiger partial charge in [0.2, 0.25) is 0 Å². The molecule has 0 saturated carbocycles. The first-order chi connectivity index (χ1) is 13.7. The van der Waals surface area contributed by atoms with Crippen molar-refractivity contribution in [3.8, 4) is 0 Å². The van der Waals surface area contributed by atoms with E-state index < -0.39 is 0 Å². The number of carbonyl (C=O) groups is 2. The Labute approximate surface area is 175 Å². The number of hydrogen-bond donors (Lipinski definition) is 0. The maximum Gasteiger partial charge on any atom is 0.305 e. The van der Waals surface area contributed by atoms with Gasteiger partial charge in [-0.05, 0) is 19.3 Å². The molecule has 0 rings (SSSR count). The van der Waals surface area contributed by atoms with Gasteiger partial charge < -0.3 is 4.74 Å². The van der Waals surface area contributed by atoms with Crippen molar-refractivity contribution in [2.24, 2.45) is 0 Å². The predicted molar refractivity (Wildman–Crippen MR) is 120 cm³/mol. The maximum absolute atomic E-state index is 11.6. The van der Waals surface area contributed by atoms with E-state index in [9.17, 15) is 9.59 Å². The molecule has 0 aliphatic rings. The summed E-state index contributed by atoms with van der Waals surface area (Å²) >= 11 is 0. The van der Waals surface area contributed by atoms with E-state index in [-0.39, 0.29) is 5.97 Å². The summed E-state index contributed by atoms with van der Waals surface area (Å²) in [6.45, 7) is 2.15. The van der Waals surface area contributed by atoms with Crippen molar-refractivity contribution < 1.29 is 14.3 Å². The van der Waals surface area contributed by atoms with Crippen LogP contribution >= 0.6 is 0 Å². The molecule has 0 amide bonds. The number of hydrogen-bond acceptors (Lipinski definition) is 3. The normalized spacial score (nSPS) is 10.9. The Morgan fingerprint density at radius 3 is 1.18 bits per heavy atom. The number of ether oxygens (including phenoxy) is 1. The third-order valence-corrected chi connectivity index (χ3v) is 5.62. The molecule has 0 heterocycles. The highest BCUT2D eigenvalue weighted by molar-refractivity contribution is 5.78. The number of esters is 1. The zero-order chi connectivity index (χ0) is 20.7. The van der Waals surface area contributed by atoms with Gasteiger partial charge >= 0.3 is 5.97 Å². The van der Waals surface area contributed by atoms with Gasteiger partial charge in [-0.2, -0.15) is 0 Å². The molecule has 0 atom stereocenters. The zero-order valence-electron chi connectivity index (χ0n) is 19.1. The van der Waals surface area contributed by atoms with Crippen LogP contribution in [0.25, 0.3) is 0 Å². The Balaban J connectivity index is 3.08. The van der Waals surface area contributed by atoms with Crippen LogP contribution in [0, 0.1) is 0 Å². The molecule has 0 radical (unpaired) electrons. The third-order valence-electron chi connectivity index (χ3n) is 5.62. The molecule has 0 aliphatic carbocycles. The van der Waals surface area contributed by atoms with Crippen molar-refractivity contribution >= 4 is 11.8 Å². The fourth-order valence-electron chi connectivity index (χ4n) is 3.67. The SMILES string of the molecule is CCCCC(=O)CCCCCCCCCCCCCCCCCCC(=O)OC. The van der Waals surface area contributed by atoms with Gasteiger partial charge in [0.15, 0.2) is 0 Å². The average Bonchev–Trinajstić information content (AvgIpc) is 2.70. The van der Waals surface area contributed by atoms with E-state index in [1.807, 2.05) is 0 Å². The predicted octanol–water partition coefficient (Wildman–Crippen LogP) is 7.94. The van der Waals surface area contributed by atoms with Crippen molar-refractivity contribution in [3.05, 3.63) is 0 Å². The van der Waals surface area contributed by atoms with Crippen LogP contribution in [0.2, 0.25) is 0 Å². The molecule has 0 aromatic heterocycles. The lowest BCUT2D eigenvalue weighted by Crippen LogP contribution is -1.99. The lowest BCUT2D eigenvalue weighted by molar-refractivity contribution is -0.140. The Morgan fingerprint density at radius 2 is 0.821 bits per heavy atom. The standard InChI is InChI=1S/C25H48O3/c1-3-4-21-24(26)22-19-17-15-13-11-9-7-5-6-8-10-12-14-16-18-20-23-25(27)28-2/h3-23H2,1-2H3. The highest BCUT2D eigenvalue weighted by Gasteiger charge is 2.01. The van der Waals surface area contributed by atoms with E-state index in [1.54, 1.807) is 0 Å². The molecule has 0 spiro atoms. The molecule has 0 bridgehead atoms. The van der Waals surface area contributed by atoms with E-state index in [2.05, 4.69) is 11.7 Å². The summed E-state index contributed by atoms with van der Waals surface area (Å²) in [4.78, 5) is 22.6. The van der Waals surface area contributed by atoms with Gasteiger partial charge in [-0.25, -0.2) is 0 Å². The van der Waals surface area contributed by atoms with Gasteiger partial charge in [0, 0.05) is 19.3 Å². The summed E-state index contributed by atoms with van der Waals surface area (Å²) in [7, 11) is 1.46. The number of unbranched alkanes of at least 4 members (excludes halogenated alkanes) is 16. The first-order valence-corrected chi connectivity index (χ1v) is 12.3. The molecule has 28 heavy (non-hydrogen) atoms. The fourth-order valence-corrected chi connectivity index (χ4v) is 3.67. The lowest BCUT2D eigenvalue weighted by Gasteiger charge is -2.04. The number of ketones is 1. The largest absolute Gasteiger partial charge is 0.469 e. The van der Waals surface area contributed by atoms with Crippen LogP contribution in [0.1, 0.15) is 142 Å². The van der Waals surface area contributed by atoms with E-state index in [1.165, 1.54) is 90.6 Å². The Hall–Kier alpha value is -0.860. The monoisotopic (exact) mass is 396 g/mol. The molecular weight excluding hydrogens is 348 g/mol. The van der Waals surface area contributed by atoms with Crippen molar-refractivity contribution in [3.63, 3.8) is 0 Å². The molecule has 3 heteroatoms. The first kappa shape index (κ1) is 27.1. The molecule has 0 aromatic rings. The van der Waals surface area contributed by atoms with E-state index in [0.717, 1.165) is 44.9 Å². The number of rotatable bonds is 22. The summed E-state index contributed by atoms with van der Waals surface area (Å²) in [5.41, 5.74) is 0. The van der Waals surface area contributed by atoms with Crippen LogP contribution in [0.3, 0.4) is 0 Å². The van der Waals surface area contributed by atoms with Crippen molar-refractivity contribution in [2.75, 3.05) is 7.11 Å². The summed E-state index contributed by atoms with van der Waals surface area (Å²) in [6, 6.07) is 0. The molecule has 166 valence electrons. The maximum atomic E-state index is 11.6. The zero-order valence-corrected chi connectivity index (χ0v) is 19.1. The minimum absolute atomic E-state index is 0.0747. The van der Waals surface area contributed by atoms with Gasteiger partial charge in [-0.3, -0.25) is 9.59 Å². The van der Waals surface area contributed by atoms with Crippen molar-refractivity contribution in [1.82, 2.24) is 0 Å². The second kappa shape index (κ2) is 22.4. The third kappa shape index (κ3) is 21.4. The number of methoxy groups -OCH3 is 1. The van der Waals surface area contributed by atoms with Crippen LogP contribution in [-0.4, -0.2) is 18.9 Å². The first-order valence-electron chi connectivity index (χ1n) is 12.3. The average molecular weight is 397 g/mol. The highest BCUT2D eigenvalue weighted by atomic mass is 16.5. The topological polar surface area (TPSA) is 43.4 Å². The van der Waals surface area contributed by atoms with Gasteiger partial charge in [-0.1, -0.05) is 103 Å². The Bertz CT molecular complexity index is 352. The number of Topliss-reactive ketones (excluding diaryl/α,β-unsaturated/α-hetero) is 1. The summed E-state index contributed by atoms with van der Waals surface area (Å²) in [5.74, 6) is 0.398. The second-order valence-corrected chi connectivity index (χ2v) is 8.38. The van der Waals surface area contributed by atoms with Crippen molar-refractivity contribution in [1.29, 1.82) is 0 Å². The van der Waals surface area contributed by atoms with Gasteiger partial charge in [0.1, 0.15) is 5.78 Å². The van der Waals surface area contributed by atoms with E-state index in [0.29, 0.717) is 12.2 Å². The molecule has 3 nitrogen and oxygen atoms in total. The Morgan fingerprint density at radius 1 is 0.500 bits per heavy atom. The minimum Gasteiger partial charge on any atom is -0.469 e. The van der Waals surface area contributed by atoms with Crippen LogP contribution in [0.4, 0.5) is 0 Å². The smallest absolute Gasteiger partial charge is 0.305 e. The fraction of sp³-hybridized carbons (Fsp3) is 0.920. The van der Waals surface area contributed by atoms with Gasteiger partial charge in [-0.15, -0.1) is 0 Å². The van der Waals surface area contributed by atoms with E-state index in [4.69, 9.17) is 0 Å². The summed E-state index contributed by atoms with van der Waals surface area (Å²) in [6.07, 6.45) is 25.1. The highest BCUT2D eigenvalue weighted by Crippen LogP contribution is 2.14. The number of carbonyl (C=O) groups excluding carboxylic acids is 2. The quantitative estimate of drug-likeness (QED) is 0.138. The van der Waals surface area contributed by atoms with Crippen molar-refractivity contribution in [2.45, 2.75) is 142 Å². The van der Waals surface area contributed by atoms with Gasteiger partial charge in [0.05, 0.1) is 7.11 Å². The molecule has 0 aliphatic heterocycles. The summed E-state index contributed by atoms with van der Waals surface area (Å²) in [5, 5.41) is 0. The van der Waals surface area contributed by atoms with Crippen LogP contribution in [0.5, 0.6) is 0 Å². The lowest BCUT2D eigenvalue weighted by atomic mass is 10.0. The second-order valence-electron chi connectivity index (χ2n) is 8.38. The molecular formula is C25H48O3.